The molecule has 1 aliphatic rings. The van der Waals surface area contributed by atoms with Gasteiger partial charge in [-0.15, -0.1) is 0 Å². The summed E-state index contributed by atoms with van der Waals surface area (Å²) in [6.45, 7) is 2.10. The van der Waals surface area contributed by atoms with E-state index in [0.29, 0.717) is 29.5 Å². The van der Waals surface area contributed by atoms with Crippen molar-refractivity contribution in [1.29, 1.82) is 0 Å². The van der Waals surface area contributed by atoms with Gasteiger partial charge in [0, 0.05) is 23.2 Å². The molecule has 1 N–H and O–H groups in total. The van der Waals surface area contributed by atoms with Gasteiger partial charge in [0.2, 0.25) is 0 Å². The van der Waals surface area contributed by atoms with Crippen molar-refractivity contribution < 1.29 is 19.1 Å². The van der Waals surface area contributed by atoms with E-state index in [2.05, 4.69) is 5.32 Å². The predicted octanol–water partition coefficient (Wildman–Crippen LogP) is 3.86. The number of carbonyl (C=O) groups is 2. The molecular formula is C20H18ClNO4. The smallest absolute Gasteiger partial charge is 0.330 e. The summed E-state index contributed by atoms with van der Waals surface area (Å²) in [5, 5.41) is 3.46. The fourth-order valence-electron chi connectivity index (χ4n) is 2.62. The molecule has 1 unspecified atom stereocenters. The van der Waals surface area contributed by atoms with Crippen LogP contribution >= 0.6 is 11.6 Å². The van der Waals surface area contributed by atoms with Crippen molar-refractivity contribution in [1.82, 2.24) is 0 Å². The van der Waals surface area contributed by atoms with Crippen molar-refractivity contribution in [2.75, 3.05) is 11.9 Å². The molecular weight excluding hydrogens is 354 g/mol. The number of nitrogens with one attached hydrogen (secondary N) is 1. The van der Waals surface area contributed by atoms with E-state index in [4.69, 9.17) is 21.1 Å². The van der Waals surface area contributed by atoms with Gasteiger partial charge in [0.15, 0.2) is 6.10 Å². The van der Waals surface area contributed by atoms with E-state index in [1.54, 1.807) is 49.4 Å². The number of anilines is 1. The van der Waals surface area contributed by atoms with Gasteiger partial charge in [-0.1, -0.05) is 23.7 Å². The maximum atomic E-state index is 12.4. The van der Waals surface area contributed by atoms with Gasteiger partial charge >= 0.3 is 5.97 Å². The zero-order valence-electron chi connectivity index (χ0n) is 14.2. The largest absolute Gasteiger partial charge is 0.480 e. The lowest BCUT2D eigenvalue weighted by molar-refractivity contribution is -0.137. The molecule has 3 rings (SSSR count). The first-order valence-electron chi connectivity index (χ1n) is 8.26. The minimum absolute atomic E-state index is 0.216. The highest BCUT2D eigenvalue weighted by Crippen LogP contribution is 2.31. The molecule has 0 fully saturated rings. The predicted molar refractivity (Wildman–Crippen MR) is 100 cm³/mol. The number of fused-ring (bicyclic) bond motifs is 1. The number of hydrogen-bond donors (Lipinski definition) is 1. The van der Waals surface area contributed by atoms with Crippen LogP contribution < -0.4 is 10.1 Å². The molecule has 2 aromatic rings. The van der Waals surface area contributed by atoms with Crippen LogP contribution in [0.5, 0.6) is 5.75 Å². The zero-order valence-corrected chi connectivity index (χ0v) is 15.0. The van der Waals surface area contributed by atoms with Crippen LogP contribution in [-0.4, -0.2) is 24.6 Å². The van der Waals surface area contributed by atoms with Crippen LogP contribution in [-0.2, 0) is 20.7 Å². The lowest BCUT2D eigenvalue weighted by Gasteiger charge is -2.11. The van der Waals surface area contributed by atoms with E-state index < -0.39 is 6.10 Å². The Morgan fingerprint density at radius 2 is 2.04 bits per heavy atom. The summed E-state index contributed by atoms with van der Waals surface area (Å²) in [7, 11) is 0. The number of benzene rings is 2. The van der Waals surface area contributed by atoms with E-state index in [1.807, 2.05) is 6.07 Å². The number of esters is 1. The SMILES string of the molecule is CCOC(=O)/C=C/c1ccc(NC(=O)C2Cc3cc(Cl)ccc3O2)cc1. The Bertz CT molecular complexity index is 845. The lowest BCUT2D eigenvalue weighted by Crippen LogP contribution is -2.31. The Hall–Kier alpha value is -2.79. The molecule has 0 saturated carbocycles. The van der Waals surface area contributed by atoms with Crippen molar-refractivity contribution in [3.8, 4) is 5.75 Å². The fraction of sp³-hybridized carbons (Fsp3) is 0.200. The minimum atomic E-state index is -0.577. The van der Waals surface area contributed by atoms with Crippen molar-refractivity contribution in [2.45, 2.75) is 19.4 Å². The summed E-state index contributed by atoms with van der Waals surface area (Å²) in [5.74, 6) is 0.0871. The highest BCUT2D eigenvalue weighted by atomic mass is 35.5. The van der Waals surface area contributed by atoms with Gasteiger partial charge in [-0.2, -0.15) is 0 Å². The summed E-state index contributed by atoms with van der Waals surface area (Å²) < 4.78 is 10.5. The second-order valence-corrected chi connectivity index (χ2v) is 6.20. The van der Waals surface area contributed by atoms with Gasteiger partial charge in [-0.25, -0.2) is 4.79 Å². The van der Waals surface area contributed by atoms with Crippen LogP contribution in [0, 0.1) is 0 Å². The average Bonchev–Trinajstić information content (AvgIpc) is 3.04. The van der Waals surface area contributed by atoms with Crippen LogP contribution in [0.25, 0.3) is 6.08 Å². The topological polar surface area (TPSA) is 64.6 Å². The molecule has 0 spiro atoms. The standard InChI is InChI=1S/C20H18ClNO4/c1-2-25-19(23)10-5-13-3-7-16(8-4-13)22-20(24)18-12-14-11-15(21)6-9-17(14)26-18/h3-11,18H,2,12H2,1H3,(H,22,24)/b10-5+. The molecule has 26 heavy (non-hydrogen) atoms. The molecule has 1 amide bonds. The van der Waals surface area contributed by atoms with Gasteiger partial charge in [-0.05, 0) is 54.5 Å². The fourth-order valence-corrected chi connectivity index (χ4v) is 2.81. The summed E-state index contributed by atoms with van der Waals surface area (Å²) in [5.41, 5.74) is 2.41. The second kappa shape index (κ2) is 8.06. The van der Waals surface area contributed by atoms with Gasteiger partial charge in [0.25, 0.3) is 5.91 Å². The van der Waals surface area contributed by atoms with Crippen LogP contribution in [0.2, 0.25) is 5.02 Å². The van der Waals surface area contributed by atoms with Gasteiger partial charge in [-0.3, -0.25) is 4.79 Å². The third-order valence-electron chi connectivity index (χ3n) is 3.87. The molecule has 0 saturated heterocycles. The van der Waals surface area contributed by atoms with Crippen LogP contribution in [0.4, 0.5) is 5.69 Å². The van der Waals surface area contributed by atoms with Gasteiger partial charge in [0.1, 0.15) is 5.75 Å². The van der Waals surface area contributed by atoms with Crippen LogP contribution in [0.1, 0.15) is 18.1 Å². The first-order chi connectivity index (χ1) is 12.5. The van der Waals surface area contributed by atoms with Crippen LogP contribution in [0.15, 0.2) is 48.5 Å². The molecule has 134 valence electrons. The Balaban J connectivity index is 1.58. The maximum absolute atomic E-state index is 12.4. The number of amides is 1. The molecule has 1 atom stereocenters. The van der Waals surface area contributed by atoms with E-state index >= 15 is 0 Å². The molecule has 1 heterocycles. The van der Waals surface area contributed by atoms with Crippen molar-refractivity contribution in [3.05, 3.63) is 64.7 Å². The van der Waals surface area contributed by atoms with Crippen molar-refractivity contribution in [3.63, 3.8) is 0 Å². The molecule has 6 heteroatoms. The number of hydrogen-bond acceptors (Lipinski definition) is 4. The first-order valence-corrected chi connectivity index (χ1v) is 8.64. The summed E-state index contributed by atoms with van der Waals surface area (Å²) in [4.78, 5) is 23.7. The van der Waals surface area contributed by atoms with E-state index in [9.17, 15) is 9.59 Å². The van der Waals surface area contributed by atoms with Gasteiger partial charge in [0.05, 0.1) is 6.61 Å². The molecule has 0 bridgehead atoms. The number of rotatable bonds is 5. The Kier molecular flexibility index (Phi) is 5.58. The van der Waals surface area contributed by atoms with E-state index in [0.717, 1.165) is 11.1 Å². The monoisotopic (exact) mass is 371 g/mol. The lowest BCUT2D eigenvalue weighted by atomic mass is 10.1. The molecule has 0 aliphatic carbocycles. The highest BCUT2D eigenvalue weighted by Gasteiger charge is 2.29. The minimum Gasteiger partial charge on any atom is -0.480 e. The van der Waals surface area contributed by atoms with Crippen molar-refractivity contribution in [2.24, 2.45) is 0 Å². The zero-order chi connectivity index (χ0) is 18.5. The van der Waals surface area contributed by atoms with E-state index in [-0.39, 0.29) is 11.9 Å². The molecule has 1 aliphatic heterocycles. The molecule has 2 aromatic carbocycles. The third-order valence-corrected chi connectivity index (χ3v) is 4.10. The second-order valence-electron chi connectivity index (χ2n) is 5.76. The Morgan fingerprint density at radius 3 is 2.77 bits per heavy atom. The number of ether oxygens (including phenoxy) is 2. The number of carbonyl (C=O) groups excluding carboxylic acids is 2. The maximum Gasteiger partial charge on any atom is 0.330 e. The highest BCUT2D eigenvalue weighted by molar-refractivity contribution is 6.30. The number of halogens is 1. The summed E-state index contributed by atoms with van der Waals surface area (Å²) in [6, 6.07) is 12.5. The van der Waals surface area contributed by atoms with Crippen molar-refractivity contribution >= 4 is 35.2 Å². The molecule has 0 aromatic heterocycles. The first kappa shape index (κ1) is 18.0. The van der Waals surface area contributed by atoms with E-state index in [1.165, 1.54) is 6.08 Å². The van der Waals surface area contributed by atoms with Crippen LogP contribution in [0.3, 0.4) is 0 Å². The Morgan fingerprint density at radius 1 is 1.27 bits per heavy atom. The van der Waals surface area contributed by atoms with Gasteiger partial charge < -0.3 is 14.8 Å². The Labute approximate surface area is 156 Å². The summed E-state index contributed by atoms with van der Waals surface area (Å²) >= 11 is 5.97. The molecule has 5 nitrogen and oxygen atoms in total. The molecule has 0 radical (unpaired) electrons. The quantitative estimate of drug-likeness (QED) is 0.640. The summed E-state index contributed by atoms with van der Waals surface area (Å²) in [6.07, 6.45) is 2.93. The third kappa shape index (κ3) is 4.43. The average molecular weight is 372 g/mol. The normalized spacial score (nSPS) is 15.4.